The van der Waals surface area contributed by atoms with Gasteiger partial charge in [0, 0.05) is 35.9 Å². The minimum atomic E-state index is -0.233. The van der Waals surface area contributed by atoms with Gasteiger partial charge in [-0.25, -0.2) is 0 Å². The molecule has 0 atom stereocenters. The first kappa shape index (κ1) is 17.3. The summed E-state index contributed by atoms with van der Waals surface area (Å²) in [5, 5.41) is 12.2. The van der Waals surface area contributed by atoms with Crippen molar-refractivity contribution < 1.29 is 19.1 Å². The summed E-state index contributed by atoms with van der Waals surface area (Å²) in [5.41, 5.74) is 2.06. The van der Waals surface area contributed by atoms with E-state index in [1.54, 1.807) is 13.2 Å². The van der Waals surface area contributed by atoms with E-state index in [0.717, 1.165) is 16.4 Å². The van der Waals surface area contributed by atoms with Crippen molar-refractivity contribution in [3.63, 3.8) is 0 Å². The maximum absolute atomic E-state index is 12.4. The number of hydrogen-bond donors (Lipinski definition) is 1. The third-order valence-corrected chi connectivity index (χ3v) is 4.91. The maximum Gasteiger partial charge on any atom is 0.168 e. The number of hydrogen-bond acceptors (Lipinski definition) is 5. The van der Waals surface area contributed by atoms with E-state index < -0.39 is 0 Å². The molecular weight excluding hydrogens is 342 g/mol. The molecule has 27 heavy (non-hydrogen) atoms. The number of fused-ring (bicyclic) bond motifs is 3. The van der Waals surface area contributed by atoms with E-state index >= 15 is 0 Å². The van der Waals surface area contributed by atoms with Gasteiger partial charge in [0.15, 0.2) is 5.78 Å². The number of carbonyl (C=O) groups excluding carboxylic acids is 1. The van der Waals surface area contributed by atoms with E-state index in [0.29, 0.717) is 29.9 Å². The number of benzene rings is 2. The molecule has 1 aliphatic rings. The molecule has 138 valence electrons. The number of Topliss-reactive ketones (excluding diaryl/α,β-unsaturated/α-hetero) is 1. The zero-order valence-electron chi connectivity index (χ0n) is 15.6. The first-order chi connectivity index (χ1) is 12.9. The van der Waals surface area contributed by atoms with Gasteiger partial charge in [0.1, 0.15) is 28.4 Å². The van der Waals surface area contributed by atoms with Gasteiger partial charge in [0.2, 0.25) is 0 Å². The fourth-order valence-corrected chi connectivity index (χ4v) is 3.59. The number of aliphatic hydroxyl groups is 1. The van der Waals surface area contributed by atoms with Crippen LogP contribution in [0.15, 0.2) is 57.1 Å². The molecule has 2 aromatic carbocycles. The summed E-state index contributed by atoms with van der Waals surface area (Å²) in [6.07, 6.45) is 2.28. The number of ether oxygens (including phenoxy) is 1. The van der Waals surface area contributed by atoms with Gasteiger partial charge in [-0.1, -0.05) is 32.0 Å². The molecule has 0 radical (unpaired) electrons. The van der Waals surface area contributed by atoms with Crippen molar-refractivity contribution in [1.82, 2.24) is 0 Å². The monoisotopic (exact) mass is 363 g/mol. The lowest BCUT2D eigenvalue weighted by Gasteiger charge is -2.28. The van der Waals surface area contributed by atoms with Crippen molar-refractivity contribution in [2.75, 3.05) is 7.11 Å². The number of methoxy groups -OCH3 is 1. The highest BCUT2D eigenvalue weighted by molar-refractivity contribution is 6.15. The second kappa shape index (κ2) is 6.27. The van der Waals surface area contributed by atoms with Crippen molar-refractivity contribution in [3.05, 3.63) is 47.7 Å². The normalized spacial score (nSPS) is 17.4. The minimum absolute atomic E-state index is 0.0868. The van der Waals surface area contributed by atoms with Crippen LogP contribution in [0.1, 0.15) is 26.7 Å². The van der Waals surface area contributed by atoms with Crippen LogP contribution in [0.3, 0.4) is 0 Å². The fraction of sp³-hybridized carbons (Fsp3) is 0.273. The van der Waals surface area contributed by atoms with Crippen molar-refractivity contribution in [2.45, 2.75) is 26.7 Å². The molecule has 0 spiro atoms. The Bertz CT molecular complexity index is 1120. The van der Waals surface area contributed by atoms with Gasteiger partial charge in [0.25, 0.3) is 0 Å². The topological polar surface area (TPSA) is 72.0 Å². The molecule has 1 aliphatic carbocycles. The lowest BCUT2D eigenvalue weighted by molar-refractivity contribution is -0.117. The molecule has 0 fully saturated rings. The molecular formula is C22H21NO4. The highest BCUT2D eigenvalue weighted by Gasteiger charge is 2.32. The van der Waals surface area contributed by atoms with Crippen molar-refractivity contribution in [3.8, 4) is 5.75 Å². The lowest BCUT2D eigenvalue weighted by Crippen LogP contribution is -2.26. The second-order valence-electron chi connectivity index (χ2n) is 7.68. The van der Waals surface area contributed by atoms with E-state index in [1.807, 2.05) is 44.2 Å². The zero-order valence-corrected chi connectivity index (χ0v) is 15.6. The van der Waals surface area contributed by atoms with E-state index in [4.69, 9.17) is 9.15 Å². The number of para-hydroxylation sites is 1. The molecule has 1 N–H and O–H groups in total. The number of rotatable bonds is 3. The molecule has 0 aliphatic heterocycles. The molecule has 1 heterocycles. The van der Waals surface area contributed by atoms with Gasteiger partial charge in [-0.3, -0.25) is 9.79 Å². The van der Waals surface area contributed by atoms with Crippen molar-refractivity contribution >= 4 is 39.6 Å². The molecule has 5 nitrogen and oxygen atoms in total. The minimum Gasteiger partial charge on any atom is -0.511 e. The summed E-state index contributed by atoms with van der Waals surface area (Å²) in [4.78, 5) is 16.8. The number of aliphatic imine (C=N–C) groups is 1. The number of nitrogens with zero attached hydrogens (tertiary/aromatic N) is 1. The van der Waals surface area contributed by atoms with Crippen LogP contribution in [0.4, 0.5) is 5.69 Å². The second-order valence-corrected chi connectivity index (χ2v) is 7.68. The Morgan fingerprint density at radius 2 is 1.93 bits per heavy atom. The van der Waals surface area contributed by atoms with Crippen LogP contribution >= 0.6 is 0 Å². The maximum atomic E-state index is 12.4. The predicted molar refractivity (Wildman–Crippen MR) is 106 cm³/mol. The summed E-state index contributed by atoms with van der Waals surface area (Å²) in [6.45, 7) is 3.93. The Morgan fingerprint density at radius 1 is 1.15 bits per heavy atom. The first-order valence-electron chi connectivity index (χ1n) is 8.87. The van der Waals surface area contributed by atoms with E-state index in [2.05, 4.69) is 4.99 Å². The Hall–Kier alpha value is -3.08. The number of ketones is 1. The van der Waals surface area contributed by atoms with Crippen LogP contribution in [0.2, 0.25) is 0 Å². The predicted octanol–water partition coefficient (Wildman–Crippen LogP) is 5.50. The molecule has 0 saturated heterocycles. The molecule has 0 saturated carbocycles. The number of aliphatic hydroxyl groups excluding tert-OH is 1. The molecule has 0 bridgehead atoms. The van der Waals surface area contributed by atoms with Crippen molar-refractivity contribution in [1.29, 1.82) is 0 Å². The highest BCUT2D eigenvalue weighted by atomic mass is 16.5. The molecule has 0 unspecified atom stereocenters. The first-order valence-corrected chi connectivity index (χ1v) is 8.87. The standard InChI is InChI=1S/C22H21NO4/c1-22(2)10-17(24)15(18(25)11-22)12-23-16-9-20-14(8-21(16)26-3)13-6-4-5-7-19(13)27-20/h4-9,12,24H,10-11H2,1-3H3. The molecule has 0 amide bonds. The largest absolute Gasteiger partial charge is 0.511 e. The van der Waals surface area contributed by atoms with Gasteiger partial charge in [-0.15, -0.1) is 0 Å². The fourth-order valence-electron chi connectivity index (χ4n) is 3.59. The molecule has 3 aromatic rings. The van der Waals surface area contributed by atoms with Gasteiger partial charge in [0.05, 0.1) is 12.7 Å². The molecule has 1 aromatic heterocycles. The number of furan rings is 1. The van der Waals surface area contributed by atoms with E-state index in [-0.39, 0.29) is 22.5 Å². The SMILES string of the molecule is COc1cc2c(cc1N=CC1=C(O)CC(C)(C)CC1=O)oc1ccccc12. The van der Waals surface area contributed by atoms with Gasteiger partial charge < -0.3 is 14.3 Å². The zero-order chi connectivity index (χ0) is 19.2. The number of allylic oxidation sites excluding steroid dienone is 2. The average Bonchev–Trinajstić information content (AvgIpc) is 2.96. The van der Waals surface area contributed by atoms with Gasteiger partial charge >= 0.3 is 0 Å². The Labute approximate surface area is 157 Å². The summed E-state index contributed by atoms with van der Waals surface area (Å²) < 4.78 is 11.4. The summed E-state index contributed by atoms with van der Waals surface area (Å²) in [6, 6.07) is 11.5. The van der Waals surface area contributed by atoms with Gasteiger partial charge in [-0.05, 0) is 17.5 Å². The number of carbonyl (C=O) groups is 1. The lowest BCUT2D eigenvalue weighted by atomic mass is 9.77. The third-order valence-electron chi connectivity index (χ3n) is 4.91. The van der Waals surface area contributed by atoms with Gasteiger partial charge in [-0.2, -0.15) is 0 Å². The Morgan fingerprint density at radius 3 is 2.67 bits per heavy atom. The van der Waals surface area contributed by atoms with Crippen LogP contribution in [0.25, 0.3) is 21.9 Å². The average molecular weight is 363 g/mol. The summed E-state index contributed by atoms with van der Waals surface area (Å²) in [7, 11) is 1.58. The summed E-state index contributed by atoms with van der Waals surface area (Å²) >= 11 is 0. The van der Waals surface area contributed by atoms with Crippen LogP contribution in [-0.4, -0.2) is 24.2 Å². The highest BCUT2D eigenvalue weighted by Crippen LogP contribution is 2.39. The Kier molecular flexibility index (Phi) is 4.02. The van der Waals surface area contributed by atoms with E-state index in [9.17, 15) is 9.90 Å². The molecule has 4 rings (SSSR count). The van der Waals surface area contributed by atoms with Crippen LogP contribution < -0.4 is 4.74 Å². The molecule has 5 heteroatoms. The quantitative estimate of drug-likeness (QED) is 0.624. The Balaban J connectivity index is 1.78. The van der Waals surface area contributed by atoms with Crippen LogP contribution in [0.5, 0.6) is 5.75 Å². The summed E-state index contributed by atoms with van der Waals surface area (Å²) in [5.74, 6) is 0.564. The smallest absolute Gasteiger partial charge is 0.168 e. The van der Waals surface area contributed by atoms with Crippen molar-refractivity contribution in [2.24, 2.45) is 10.4 Å². The van der Waals surface area contributed by atoms with Crippen LogP contribution in [0, 0.1) is 5.41 Å². The third kappa shape index (κ3) is 3.10. The van der Waals surface area contributed by atoms with Crippen LogP contribution in [-0.2, 0) is 4.79 Å². The van der Waals surface area contributed by atoms with E-state index in [1.165, 1.54) is 6.21 Å².